The first-order chi connectivity index (χ1) is 14.0. The molecule has 2 aliphatic rings. The fourth-order valence-electron chi connectivity index (χ4n) is 4.59. The van der Waals surface area contributed by atoms with Gasteiger partial charge in [0.25, 0.3) is 0 Å². The fraction of sp³-hybridized carbons (Fsp3) is 0.680. The molecule has 2 N–H and O–H groups in total. The van der Waals surface area contributed by atoms with Gasteiger partial charge in [-0.15, -0.1) is 0 Å². The molecule has 0 saturated heterocycles. The lowest BCUT2D eigenvalue weighted by Gasteiger charge is -2.23. The summed E-state index contributed by atoms with van der Waals surface area (Å²) in [7, 11) is 0. The Balaban J connectivity index is 1.42. The van der Waals surface area contributed by atoms with Crippen molar-refractivity contribution in [3.05, 3.63) is 36.5 Å². The molecule has 29 heavy (non-hydrogen) atoms. The van der Waals surface area contributed by atoms with E-state index in [1.54, 1.807) is 0 Å². The predicted octanol–water partition coefficient (Wildman–Crippen LogP) is 6.68. The first-order valence-electron chi connectivity index (χ1n) is 11.4. The number of hydrogen-bond acceptors (Lipinski definition) is 2. The van der Waals surface area contributed by atoms with Gasteiger partial charge in [0.15, 0.2) is 0 Å². The van der Waals surface area contributed by atoms with Gasteiger partial charge in [0, 0.05) is 0 Å². The Kier molecular flexibility index (Phi) is 9.69. The number of carbonyl (C=O) groups is 2. The van der Waals surface area contributed by atoms with E-state index in [1.807, 2.05) is 24.3 Å². The maximum Gasteiger partial charge on any atom is 0.310 e. The van der Waals surface area contributed by atoms with E-state index in [4.69, 9.17) is 0 Å². The maximum absolute atomic E-state index is 11.5. The highest BCUT2D eigenvalue weighted by atomic mass is 16.4. The molecule has 0 aliphatic heterocycles. The van der Waals surface area contributed by atoms with Gasteiger partial charge in [-0.05, 0) is 64.2 Å². The van der Waals surface area contributed by atoms with Crippen molar-refractivity contribution in [2.45, 2.75) is 96.3 Å². The minimum atomic E-state index is -0.638. The molecule has 0 spiro atoms. The molecular formula is C25H38O4. The van der Waals surface area contributed by atoms with Gasteiger partial charge < -0.3 is 10.2 Å². The normalized spacial score (nSPS) is 19.3. The van der Waals surface area contributed by atoms with Crippen molar-refractivity contribution >= 4 is 11.9 Å². The Morgan fingerprint density at radius 1 is 0.621 bits per heavy atom. The van der Waals surface area contributed by atoms with Crippen LogP contribution in [0.2, 0.25) is 0 Å². The van der Waals surface area contributed by atoms with Crippen LogP contribution >= 0.6 is 0 Å². The number of carboxylic acids is 2. The first kappa shape index (κ1) is 23.4. The van der Waals surface area contributed by atoms with Crippen LogP contribution in [0.15, 0.2) is 36.5 Å². The summed E-state index contributed by atoms with van der Waals surface area (Å²) in [6, 6.07) is 0. The van der Waals surface area contributed by atoms with Gasteiger partial charge >= 0.3 is 11.9 Å². The van der Waals surface area contributed by atoms with Crippen LogP contribution in [0.3, 0.4) is 0 Å². The second-order valence-corrected chi connectivity index (χ2v) is 8.95. The van der Waals surface area contributed by atoms with E-state index in [1.165, 1.54) is 12.8 Å². The van der Waals surface area contributed by atoms with Crippen molar-refractivity contribution in [1.82, 2.24) is 0 Å². The van der Waals surface area contributed by atoms with Gasteiger partial charge in [0.2, 0.25) is 0 Å². The second kappa shape index (κ2) is 12.0. The van der Waals surface area contributed by atoms with Crippen molar-refractivity contribution in [2.24, 2.45) is 10.8 Å². The standard InChI is InChI=1S/C25H38O4/c26-22(27)24(18-12-13-19-24)16-10-8-6-4-2-1-3-5-7-9-11-17-25(23(28)29)20-14-15-21-25/h1-2,12-15H,3-11,16-21H2,(H,26,27)(H,28,29). The molecule has 4 heteroatoms. The molecule has 0 aromatic rings. The lowest BCUT2D eigenvalue weighted by Crippen LogP contribution is -2.27. The smallest absolute Gasteiger partial charge is 0.310 e. The third-order valence-electron chi connectivity index (χ3n) is 6.74. The minimum Gasteiger partial charge on any atom is -0.481 e. The molecule has 0 aromatic carbocycles. The quantitative estimate of drug-likeness (QED) is 0.237. The molecule has 0 saturated carbocycles. The van der Waals surface area contributed by atoms with E-state index in [9.17, 15) is 19.8 Å². The monoisotopic (exact) mass is 402 g/mol. The molecule has 0 radical (unpaired) electrons. The number of allylic oxidation sites excluding steroid dienone is 6. The summed E-state index contributed by atoms with van der Waals surface area (Å²) in [4.78, 5) is 23.0. The van der Waals surface area contributed by atoms with Crippen molar-refractivity contribution in [2.75, 3.05) is 0 Å². The van der Waals surface area contributed by atoms with Crippen LogP contribution in [0, 0.1) is 10.8 Å². The van der Waals surface area contributed by atoms with E-state index in [2.05, 4.69) is 12.2 Å². The van der Waals surface area contributed by atoms with Crippen LogP contribution in [0.1, 0.15) is 96.3 Å². The summed E-state index contributed by atoms with van der Waals surface area (Å²) in [5.74, 6) is -1.27. The van der Waals surface area contributed by atoms with Gasteiger partial charge in [0.1, 0.15) is 0 Å². The highest BCUT2D eigenvalue weighted by molar-refractivity contribution is 5.76. The van der Waals surface area contributed by atoms with Crippen LogP contribution in [0.4, 0.5) is 0 Å². The van der Waals surface area contributed by atoms with Crippen molar-refractivity contribution in [3.63, 3.8) is 0 Å². The fourth-order valence-corrected chi connectivity index (χ4v) is 4.59. The highest BCUT2D eigenvalue weighted by Crippen LogP contribution is 2.39. The molecule has 2 aliphatic carbocycles. The molecule has 2 rings (SSSR count). The number of carboxylic acid groups (broad SMARTS) is 2. The van der Waals surface area contributed by atoms with Gasteiger partial charge in [-0.25, -0.2) is 0 Å². The Morgan fingerprint density at radius 2 is 0.966 bits per heavy atom. The molecule has 162 valence electrons. The lowest BCUT2D eigenvalue weighted by molar-refractivity contribution is -0.149. The zero-order valence-corrected chi connectivity index (χ0v) is 17.8. The molecule has 0 unspecified atom stereocenters. The molecule has 0 bridgehead atoms. The summed E-state index contributed by atoms with van der Waals surface area (Å²) in [5.41, 5.74) is -1.04. The predicted molar refractivity (Wildman–Crippen MR) is 117 cm³/mol. The van der Waals surface area contributed by atoms with Gasteiger partial charge in [-0.1, -0.05) is 68.6 Å². The third kappa shape index (κ3) is 7.17. The summed E-state index contributed by atoms with van der Waals surface area (Å²) < 4.78 is 0. The Bertz CT molecular complexity index is 598. The van der Waals surface area contributed by atoms with Gasteiger partial charge in [0.05, 0.1) is 10.8 Å². The average molecular weight is 403 g/mol. The number of aliphatic carboxylic acids is 2. The molecule has 0 aromatic heterocycles. The second-order valence-electron chi connectivity index (χ2n) is 8.95. The zero-order valence-electron chi connectivity index (χ0n) is 17.8. The van der Waals surface area contributed by atoms with Crippen LogP contribution in [0.5, 0.6) is 0 Å². The SMILES string of the molecule is O=C(O)C1(CCCCCC=CCCCCCCC2(C(=O)O)CC=CC2)CC=CC1. The Labute approximate surface area is 175 Å². The van der Waals surface area contributed by atoms with Crippen LogP contribution in [0.25, 0.3) is 0 Å². The number of unbranched alkanes of at least 4 members (excludes halogenated alkanes) is 7. The van der Waals surface area contributed by atoms with E-state index < -0.39 is 22.8 Å². The van der Waals surface area contributed by atoms with Crippen LogP contribution in [-0.4, -0.2) is 22.2 Å². The van der Waals surface area contributed by atoms with E-state index >= 15 is 0 Å². The van der Waals surface area contributed by atoms with Gasteiger partial charge in [-0.3, -0.25) is 9.59 Å². The lowest BCUT2D eigenvalue weighted by atomic mass is 9.80. The maximum atomic E-state index is 11.5. The molecule has 0 atom stereocenters. The summed E-state index contributed by atoms with van der Waals surface area (Å²) in [6.45, 7) is 0. The molecule has 0 fully saturated rings. The molecule has 0 heterocycles. The van der Waals surface area contributed by atoms with Crippen molar-refractivity contribution in [3.8, 4) is 0 Å². The third-order valence-corrected chi connectivity index (χ3v) is 6.74. The zero-order chi connectivity index (χ0) is 21.0. The average Bonchev–Trinajstić information content (AvgIpc) is 3.36. The van der Waals surface area contributed by atoms with Gasteiger partial charge in [-0.2, -0.15) is 0 Å². The molecule has 4 nitrogen and oxygen atoms in total. The van der Waals surface area contributed by atoms with Crippen LogP contribution < -0.4 is 0 Å². The van der Waals surface area contributed by atoms with E-state index in [-0.39, 0.29) is 0 Å². The Morgan fingerprint density at radius 3 is 1.34 bits per heavy atom. The summed E-state index contributed by atoms with van der Waals surface area (Å²) in [5, 5.41) is 18.9. The van der Waals surface area contributed by atoms with Crippen LogP contribution in [-0.2, 0) is 9.59 Å². The number of rotatable bonds is 15. The largest absolute Gasteiger partial charge is 0.481 e. The number of hydrogen-bond donors (Lipinski definition) is 2. The topological polar surface area (TPSA) is 74.6 Å². The minimum absolute atomic E-state index is 0.516. The highest BCUT2D eigenvalue weighted by Gasteiger charge is 2.38. The molecular weight excluding hydrogens is 364 g/mol. The molecule has 0 amide bonds. The van der Waals surface area contributed by atoms with Crippen molar-refractivity contribution in [1.29, 1.82) is 0 Å². The summed E-state index contributed by atoms with van der Waals surface area (Å²) in [6.07, 6.45) is 26.8. The first-order valence-corrected chi connectivity index (χ1v) is 11.4. The van der Waals surface area contributed by atoms with E-state index in [0.717, 1.165) is 57.8 Å². The Hall–Kier alpha value is -1.84. The van der Waals surface area contributed by atoms with Crippen molar-refractivity contribution < 1.29 is 19.8 Å². The van der Waals surface area contributed by atoms with E-state index in [0.29, 0.717) is 25.7 Å². The summed E-state index contributed by atoms with van der Waals surface area (Å²) >= 11 is 0.